The van der Waals surface area contributed by atoms with E-state index < -0.39 is 0 Å². The van der Waals surface area contributed by atoms with E-state index in [1.165, 1.54) is 0 Å². The standard InChI is InChI=1S/C20H18O3/c1-20(2)11-10-14-17(23-20)9-8-15-18(21)16(12-22-19(14)15)13-6-4-3-5-7-13/h3-11,16H,12H2,1-2H3. The number of hydrogen-bond acceptors (Lipinski definition) is 3. The molecule has 0 radical (unpaired) electrons. The number of carbonyl (C=O) groups excluding carboxylic acids is 1. The maximum absolute atomic E-state index is 12.9. The minimum absolute atomic E-state index is 0.110. The highest BCUT2D eigenvalue weighted by Crippen LogP contribution is 2.42. The smallest absolute Gasteiger partial charge is 0.177 e. The Morgan fingerprint density at radius 2 is 1.87 bits per heavy atom. The van der Waals surface area contributed by atoms with Gasteiger partial charge < -0.3 is 9.47 Å². The lowest BCUT2D eigenvalue weighted by Gasteiger charge is -2.31. The van der Waals surface area contributed by atoms with Crippen LogP contribution in [0.4, 0.5) is 0 Å². The summed E-state index contributed by atoms with van der Waals surface area (Å²) in [5.74, 6) is 1.28. The van der Waals surface area contributed by atoms with Gasteiger partial charge in [-0.1, -0.05) is 30.3 Å². The molecule has 0 saturated carbocycles. The molecule has 0 saturated heterocycles. The van der Waals surface area contributed by atoms with Gasteiger partial charge in [0, 0.05) is 0 Å². The van der Waals surface area contributed by atoms with E-state index in [2.05, 4.69) is 0 Å². The van der Waals surface area contributed by atoms with E-state index >= 15 is 0 Å². The normalized spacial score (nSPS) is 21.0. The van der Waals surface area contributed by atoms with Crippen molar-refractivity contribution in [2.75, 3.05) is 6.61 Å². The van der Waals surface area contributed by atoms with Crippen molar-refractivity contribution in [3.8, 4) is 11.5 Å². The summed E-state index contributed by atoms with van der Waals surface area (Å²) < 4.78 is 11.9. The van der Waals surface area contributed by atoms with Crippen LogP contribution in [0.5, 0.6) is 11.5 Å². The van der Waals surface area contributed by atoms with E-state index in [9.17, 15) is 4.79 Å². The Morgan fingerprint density at radius 3 is 2.65 bits per heavy atom. The van der Waals surface area contributed by atoms with Crippen molar-refractivity contribution in [3.05, 3.63) is 65.2 Å². The largest absolute Gasteiger partial charge is 0.491 e. The maximum Gasteiger partial charge on any atom is 0.177 e. The second-order valence-corrected chi connectivity index (χ2v) is 6.53. The Morgan fingerprint density at radius 1 is 1.09 bits per heavy atom. The van der Waals surface area contributed by atoms with Crippen molar-refractivity contribution >= 4 is 11.9 Å². The van der Waals surface area contributed by atoms with Gasteiger partial charge in [0.15, 0.2) is 5.78 Å². The summed E-state index contributed by atoms with van der Waals surface area (Å²) in [5, 5.41) is 0. The van der Waals surface area contributed by atoms with Crippen LogP contribution in [0, 0.1) is 0 Å². The molecular weight excluding hydrogens is 288 g/mol. The van der Waals surface area contributed by atoms with Crippen molar-refractivity contribution in [3.63, 3.8) is 0 Å². The highest BCUT2D eigenvalue weighted by atomic mass is 16.5. The average molecular weight is 306 g/mol. The Balaban J connectivity index is 1.76. The van der Waals surface area contributed by atoms with Gasteiger partial charge in [0.05, 0.1) is 17.0 Å². The molecule has 1 unspecified atom stereocenters. The van der Waals surface area contributed by atoms with E-state index in [0.717, 1.165) is 16.9 Å². The van der Waals surface area contributed by atoms with E-state index in [0.29, 0.717) is 17.9 Å². The van der Waals surface area contributed by atoms with Crippen LogP contribution in [-0.2, 0) is 0 Å². The Kier molecular flexibility index (Phi) is 3.05. The van der Waals surface area contributed by atoms with Crippen LogP contribution in [0.25, 0.3) is 6.08 Å². The predicted octanol–water partition coefficient (Wildman–Crippen LogP) is 4.23. The first-order valence-electron chi connectivity index (χ1n) is 7.82. The summed E-state index contributed by atoms with van der Waals surface area (Å²) in [4.78, 5) is 12.9. The molecular formula is C20H18O3. The van der Waals surface area contributed by atoms with E-state index in [-0.39, 0.29) is 17.3 Å². The number of carbonyl (C=O) groups is 1. The molecule has 2 aliphatic heterocycles. The molecule has 2 heterocycles. The maximum atomic E-state index is 12.9. The van der Waals surface area contributed by atoms with Gasteiger partial charge >= 0.3 is 0 Å². The van der Waals surface area contributed by atoms with Crippen molar-refractivity contribution < 1.29 is 14.3 Å². The van der Waals surface area contributed by atoms with Crippen molar-refractivity contribution in [2.24, 2.45) is 0 Å². The minimum atomic E-state index is -0.341. The summed E-state index contributed by atoms with van der Waals surface area (Å²) in [6, 6.07) is 13.5. The molecule has 2 aromatic rings. The summed E-state index contributed by atoms with van der Waals surface area (Å²) in [5.41, 5.74) is 2.15. The fourth-order valence-corrected chi connectivity index (χ4v) is 3.14. The van der Waals surface area contributed by atoms with Crippen LogP contribution in [0.15, 0.2) is 48.5 Å². The second-order valence-electron chi connectivity index (χ2n) is 6.53. The zero-order valence-corrected chi connectivity index (χ0v) is 13.2. The number of ether oxygens (including phenoxy) is 2. The number of rotatable bonds is 1. The molecule has 0 spiro atoms. The minimum Gasteiger partial charge on any atom is -0.491 e. The van der Waals surface area contributed by atoms with Crippen LogP contribution in [0.3, 0.4) is 0 Å². The van der Waals surface area contributed by atoms with E-state index in [4.69, 9.17) is 9.47 Å². The van der Waals surface area contributed by atoms with E-state index in [1.807, 2.05) is 68.5 Å². The summed E-state index contributed by atoms with van der Waals surface area (Å²) in [6.07, 6.45) is 3.99. The third kappa shape index (κ3) is 2.33. The van der Waals surface area contributed by atoms with Gasteiger partial charge in [-0.05, 0) is 43.7 Å². The summed E-state index contributed by atoms with van der Waals surface area (Å²) in [7, 11) is 0. The van der Waals surface area contributed by atoms with Gasteiger partial charge in [0.2, 0.25) is 0 Å². The molecule has 116 valence electrons. The Hall–Kier alpha value is -2.55. The molecule has 3 nitrogen and oxygen atoms in total. The highest BCUT2D eigenvalue weighted by Gasteiger charge is 2.34. The first-order valence-corrected chi connectivity index (χ1v) is 7.82. The number of Topliss-reactive ketones (excluding diaryl/α,β-unsaturated/α-hetero) is 1. The van der Waals surface area contributed by atoms with Gasteiger partial charge in [-0.15, -0.1) is 0 Å². The zero-order valence-electron chi connectivity index (χ0n) is 13.2. The van der Waals surface area contributed by atoms with Crippen LogP contribution in [0.2, 0.25) is 0 Å². The molecule has 0 bridgehead atoms. The first kappa shape index (κ1) is 14.1. The Labute approximate surface area is 135 Å². The van der Waals surface area contributed by atoms with Crippen LogP contribution in [-0.4, -0.2) is 18.0 Å². The lowest BCUT2D eigenvalue weighted by molar-refractivity contribution is 0.0894. The molecule has 4 rings (SSSR count). The monoisotopic (exact) mass is 306 g/mol. The molecule has 0 aliphatic carbocycles. The molecule has 0 amide bonds. The molecule has 3 heteroatoms. The fourth-order valence-electron chi connectivity index (χ4n) is 3.14. The SMILES string of the molecule is CC1(C)C=Cc2c(ccc3c2OCC(c2ccccc2)C3=O)O1. The highest BCUT2D eigenvalue weighted by molar-refractivity contribution is 6.05. The summed E-state index contributed by atoms with van der Waals surface area (Å²) >= 11 is 0. The topological polar surface area (TPSA) is 35.5 Å². The van der Waals surface area contributed by atoms with Crippen LogP contribution < -0.4 is 9.47 Å². The molecule has 0 fully saturated rings. The predicted molar refractivity (Wildman–Crippen MR) is 89.2 cm³/mol. The molecule has 1 atom stereocenters. The van der Waals surface area contributed by atoms with Crippen LogP contribution >= 0.6 is 0 Å². The van der Waals surface area contributed by atoms with Crippen LogP contribution in [0.1, 0.15) is 41.3 Å². The van der Waals surface area contributed by atoms with Gasteiger partial charge in [0.1, 0.15) is 23.7 Å². The number of benzene rings is 2. The second kappa shape index (κ2) is 4.98. The molecule has 2 aliphatic rings. The van der Waals surface area contributed by atoms with Gasteiger partial charge in [-0.25, -0.2) is 0 Å². The zero-order chi connectivity index (χ0) is 16.0. The third-order valence-corrected chi connectivity index (χ3v) is 4.36. The van der Waals surface area contributed by atoms with Crippen molar-refractivity contribution in [1.82, 2.24) is 0 Å². The fraction of sp³-hybridized carbons (Fsp3) is 0.250. The van der Waals surface area contributed by atoms with Crippen molar-refractivity contribution in [1.29, 1.82) is 0 Å². The molecule has 2 aromatic carbocycles. The van der Waals surface area contributed by atoms with Crippen molar-refractivity contribution in [2.45, 2.75) is 25.4 Å². The quantitative estimate of drug-likeness (QED) is 0.791. The van der Waals surface area contributed by atoms with E-state index in [1.54, 1.807) is 0 Å². The molecule has 23 heavy (non-hydrogen) atoms. The third-order valence-electron chi connectivity index (χ3n) is 4.36. The summed E-state index contributed by atoms with van der Waals surface area (Å²) in [6.45, 7) is 4.37. The van der Waals surface area contributed by atoms with Gasteiger partial charge in [0.25, 0.3) is 0 Å². The number of ketones is 1. The van der Waals surface area contributed by atoms with Gasteiger partial charge in [-0.3, -0.25) is 4.79 Å². The average Bonchev–Trinajstić information content (AvgIpc) is 2.54. The molecule has 0 N–H and O–H groups in total. The first-order chi connectivity index (χ1) is 11.1. The van der Waals surface area contributed by atoms with Gasteiger partial charge in [-0.2, -0.15) is 0 Å². The lowest BCUT2D eigenvalue weighted by atomic mass is 9.87. The number of fused-ring (bicyclic) bond motifs is 3. The number of hydrogen-bond donors (Lipinski definition) is 0. The lowest BCUT2D eigenvalue weighted by Crippen LogP contribution is -2.30. The molecule has 0 aromatic heterocycles. The Bertz CT molecular complexity index is 803.